The van der Waals surface area contributed by atoms with Crippen molar-refractivity contribution < 1.29 is 4.74 Å². The van der Waals surface area contributed by atoms with Crippen LogP contribution in [0, 0.1) is 25.2 Å². The number of anilines is 1. The second kappa shape index (κ2) is 7.17. The number of nitrogens with zero attached hydrogens (tertiary/aromatic N) is 4. The summed E-state index contributed by atoms with van der Waals surface area (Å²) in [5.74, 6) is 0.595. The highest BCUT2D eigenvalue weighted by Crippen LogP contribution is 2.16. The van der Waals surface area contributed by atoms with Crippen molar-refractivity contribution in [2.75, 3.05) is 44.7 Å². The van der Waals surface area contributed by atoms with E-state index in [1.807, 2.05) is 13.8 Å². The van der Waals surface area contributed by atoms with E-state index in [2.05, 4.69) is 26.5 Å². The molecule has 1 aliphatic heterocycles. The molecule has 1 aliphatic rings. The Balaban J connectivity index is 1.82. The summed E-state index contributed by atoms with van der Waals surface area (Å²) < 4.78 is 5.32. The fraction of sp³-hybridized carbons (Fsp3) is 0.643. The van der Waals surface area contributed by atoms with E-state index in [4.69, 9.17) is 4.74 Å². The molecular formula is C14H21N5O. The summed E-state index contributed by atoms with van der Waals surface area (Å²) in [6.07, 6.45) is 1.01. The zero-order valence-corrected chi connectivity index (χ0v) is 12.1. The van der Waals surface area contributed by atoms with Gasteiger partial charge in [0, 0.05) is 19.6 Å². The van der Waals surface area contributed by atoms with E-state index in [1.165, 1.54) is 0 Å². The molecule has 0 amide bonds. The molecule has 20 heavy (non-hydrogen) atoms. The Morgan fingerprint density at radius 1 is 1.30 bits per heavy atom. The van der Waals surface area contributed by atoms with Crippen LogP contribution in [0.4, 0.5) is 5.82 Å². The first kappa shape index (κ1) is 14.7. The molecule has 0 atom stereocenters. The smallest absolute Gasteiger partial charge is 0.166 e. The summed E-state index contributed by atoms with van der Waals surface area (Å²) >= 11 is 0. The second-order valence-corrected chi connectivity index (χ2v) is 4.98. The molecule has 108 valence electrons. The lowest BCUT2D eigenvalue weighted by molar-refractivity contribution is 0.0378. The highest BCUT2D eigenvalue weighted by Gasteiger charge is 2.11. The maximum Gasteiger partial charge on any atom is 0.166 e. The molecule has 0 spiro atoms. The van der Waals surface area contributed by atoms with Crippen LogP contribution in [0.1, 0.15) is 23.2 Å². The van der Waals surface area contributed by atoms with Crippen LogP contribution in [0.2, 0.25) is 0 Å². The Labute approximate surface area is 119 Å². The van der Waals surface area contributed by atoms with E-state index in [9.17, 15) is 5.26 Å². The first-order valence-corrected chi connectivity index (χ1v) is 7.00. The molecule has 2 heterocycles. The first-order chi connectivity index (χ1) is 9.72. The summed E-state index contributed by atoms with van der Waals surface area (Å²) in [5.41, 5.74) is 2.31. The Hall–Kier alpha value is -1.71. The lowest BCUT2D eigenvalue weighted by atomic mass is 10.1. The van der Waals surface area contributed by atoms with Gasteiger partial charge in [0.15, 0.2) is 5.82 Å². The average molecular weight is 275 g/mol. The predicted molar refractivity (Wildman–Crippen MR) is 76.6 cm³/mol. The fourth-order valence-corrected chi connectivity index (χ4v) is 2.20. The second-order valence-electron chi connectivity index (χ2n) is 4.98. The molecule has 0 saturated carbocycles. The largest absolute Gasteiger partial charge is 0.379 e. The van der Waals surface area contributed by atoms with Gasteiger partial charge < -0.3 is 10.1 Å². The van der Waals surface area contributed by atoms with Gasteiger partial charge in [0.05, 0.1) is 18.9 Å². The zero-order chi connectivity index (χ0) is 14.4. The number of rotatable bonds is 5. The zero-order valence-electron chi connectivity index (χ0n) is 12.1. The Kier molecular flexibility index (Phi) is 5.27. The summed E-state index contributed by atoms with van der Waals surface area (Å²) in [5, 5.41) is 20.6. The maximum atomic E-state index is 9.20. The van der Waals surface area contributed by atoms with Crippen LogP contribution in [-0.4, -0.2) is 54.5 Å². The molecule has 1 aromatic rings. The number of hydrogen-bond acceptors (Lipinski definition) is 6. The lowest BCUT2D eigenvalue weighted by Crippen LogP contribution is -2.37. The third-order valence-corrected chi connectivity index (χ3v) is 3.61. The minimum absolute atomic E-state index is 0.595. The van der Waals surface area contributed by atoms with Gasteiger partial charge in [-0.05, 0) is 32.4 Å². The predicted octanol–water partition coefficient (Wildman–Crippen LogP) is 1.10. The Morgan fingerprint density at radius 3 is 2.75 bits per heavy atom. The van der Waals surface area contributed by atoms with Crippen LogP contribution in [0.3, 0.4) is 0 Å². The van der Waals surface area contributed by atoms with Gasteiger partial charge in [0.1, 0.15) is 11.6 Å². The van der Waals surface area contributed by atoms with Gasteiger partial charge in [-0.15, -0.1) is 5.10 Å². The molecule has 1 saturated heterocycles. The van der Waals surface area contributed by atoms with Gasteiger partial charge in [-0.1, -0.05) is 0 Å². The van der Waals surface area contributed by atoms with Crippen molar-refractivity contribution in [3.63, 3.8) is 0 Å². The molecule has 1 fully saturated rings. The standard InChI is InChI=1S/C14H21N5O/c1-11-12(2)17-18-14(13(11)10-15)16-4-3-5-19-6-8-20-9-7-19/h3-9H2,1-2H3,(H,16,18). The van der Waals surface area contributed by atoms with E-state index in [0.717, 1.165) is 57.1 Å². The first-order valence-electron chi connectivity index (χ1n) is 7.00. The van der Waals surface area contributed by atoms with E-state index in [1.54, 1.807) is 0 Å². The van der Waals surface area contributed by atoms with Gasteiger partial charge in [0.2, 0.25) is 0 Å². The van der Waals surface area contributed by atoms with E-state index < -0.39 is 0 Å². The molecule has 2 rings (SSSR count). The normalized spacial score (nSPS) is 15.8. The Morgan fingerprint density at radius 2 is 2.05 bits per heavy atom. The van der Waals surface area contributed by atoms with E-state index >= 15 is 0 Å². The van der Waals surface area contributed by atoms with Gasteiger partial charge in [-0.2, -0.15) is 10.4 Å². The van der Waals surface area contributed by atoms with Crippen molar-refractivity contribution >= 4 is 5.82 Å². The molecular weight excluding hydrogens is 254 g/mol. The topological polar surface area (TPSA) is 74.1 Å². The van der Waals surface area contributed by atoms with Crippen molar-refractivity contribution in [2.24, 2.45) is 0 Å². The minimum atomic E-state index is 0.595. The summed E-state index contributed by atoms with van der Waals surface area (Å²) in [4.78, 5) is 2.39. The van der Waals surface area contributed by atoms with Gasteiger partial charge in [-0.3, -0.25) is 4.90 Å². The van der Waals surface area contributed by atoms with Gasteiger partial charge in [-0.25, -0.2) is 0 Å². The number of ether oxygens (including phenoxy) is 1. The van der Waals surface area contributed by atoms with Crippen molar-refractivity contribution in [1.29, 1.82) is 5.26 Å². The third-order valence-electron chi connectivity index (χ3n) is 3.61. The van der Waals surface area contributed by atoms with Crippen LogP contribution in [0.25, 0.3) is 0 Å². The van der Waals surface area contributed by atoms with Crippen LogP contribution in [0.15, 0.2) is 0 Å². The molecule has 0 bridgehead atoms. The van der Waals surface area contributed by atoms with E-state index in [-0.39, 0.29) is 0 Å². The van der Waals surface area contributed by atoms with Crippen molar-refractivity contribution in [2.45, 2.75) is 20.3 Å². The quantitative estimate of drug-likeness (QED) is 0.811. The average Bonchev–Trinajstić information content (AvgIpc) is 2.48. The van der Waals surface area contributed by atoms with E-state index in [0.29, 0.717) is 11.4 Å². The molecule has 0 unspecified atom stereocenters. The lowest BCUT2D eigenvalue weighted by Gasteiger charge is -2.26. The highest BCUT2D eigenvalue weighted by atomic mass is 16.5. The number of hydrogen-bond donors (Lipinski definition) is 1. The maximum absolute atomic E-state index is 9.20. The number of morpholine rings is 1. The van der Waals surface area contributed by atoms with Crippen LogP contribution < -0.4 is 5.32 Å². The molecule has 0 aromatic carbocycles. The fourth-order valence-electron chi connectivity index (χ4n) is 2.20. The molecule has 0 radical (unpaired) electrons. The molecule has 6 nitrogen and oxygen atoms in total. The number of aryl methyl sites for hydroxylation is 1. The molecule has 1 aromatic heterocycles. The number of aromatic nitrogens is 2. The van der Waals surface area contributed by atoms with Crippen molar-refractivity contribution in [3.05, 3.63) is 16.8 Å². The van der Waals surface area contributed by atoms with Crippen molar-refractivity contribution in [3.8, 4) is 6.07 Å². The monoisotopic (exact) mass is 275 g/mol. The Bertz CT molecular complexity index is 491. The van der Waals surface area contributed by atoms with Crippen LogP contribution in [0.5, 0.6) is 0 Å². The summed E-state index contributed by atoms with van der Waals surface area (Å²) in [6, 6.07) is 2.20. The summed E-state index contributed by atoms with van der Waals surface area (Å²) in [6.45, 7) is 9.27. The number of nitrogens with one attached hydrogen (secondary N) is 1. The molecule has 1 N–H and O–H groups in total. The molecule has 0 aliphatic carbocycles. The minimum Gasteiger partial charge on any atom is -0.379 e. The molecule has 6 heteroatoms. The highest BCUT2D eigenvalue weighted by molar-refractivity contribution is 5.55. The van der Waals surface area contributed by atoms with Gasteiger partial charge >= 0.3 is 0 Å². The summed E-state index contributed by atoms with van der Waals surface area (Å²) in [7, 11) is 0. The third kappa shape index (κ3) is 3.65. The van der Waals surface area contributed by atoms with Gasteiger partial charge in [0.25, 0.3) is 0 Å². The van der Waals surface area contributed by atoms with Crippen molar-refractivity contribution in [1.82, 2.24) is 15.1 Å². The SMILES string of the molecule is Cc1nnc(NCCCN2CCOCC2)c(C#N)c1C. The van der Waals surface area contributed by atoms with Crippen LogP contribution >= 0.6 is 0 Å². The van der Waals surface area contributed by atoms with Crippen LogP contribution in [-0.2, 0) is 4.74 Å². The number of nitriles is 1.